The van der Waals surface area contributed by atoms with Crippen molar-refractivity contribution in [1.82, 2.24) is 10.1 Å². The van der Waals surface area contributed by atoms with E-state index in [1.807, 2.05) is 18.2 Å². The third-order valence-corrected chi connectivity index (χ3v) is 3.82. The molecule has 1 heterocycles. The number of rotatable bonds is 6. The zero-order valence-corrected chi connectivity index (χ0v) is 14.0. The summed E-state index contributed by atoms with van der Waals surface area (Å²) < 4.78 is 18.3. The summed E-state index contributed by atoms with van der Waals surface area (Å²) in [5, 5.41) is 7.10. The number of carbonyl (C=O) groups excluding carboxylic acids is 1. The van der Waals surface area contributed by atoms with Gasteiger partial charge in [0.05, 0.1) is 5.02 Å². The summed E-state index contributed by atoms with van der Waals surface area (Å²) in [6, 6.07) is 13.0. The Labute approximate surface area is 148 Å². The van der Waals surface area contributed by atoms with Crippen LogP contribution in [0, 0.1) is 5.82 Å². The largest absolute Gasteiger partial charge is 0.339 e. The number of aromatic nitrogens is 2. The highest BCUT2D eigenvalue weighted by Crippen LogP contribution is 2.25. The Bertz CT molecular complexity index is 882. The predicted octanol–water partition coefficient (Wildman–Crippen LogP) is 4.49. The van der Waals surface area contributed by atoms with Crippen molar-refractivity contribution in [2.24, 2.45) is 0 Å². The molecule has 3 aromatic rings. The van der Waals surface area contributed by atoms with Crippen molar-refractivity contribution in [3.8, 4) is 11.4 Å². The molecule has 0 unspecified atom stereocenters. The highest BCUT2D eigenvalue weighted by Gasteiger charge is 2.12. The van der Waals surface area contributed by atoms with Gasteiger partial charge in [0.1, 0.15) is 5.82 Å². The minimum Gasteiger partial charge on any atom is -0.339 e. The van der Waals surface area contributed by atoms with Crippen LogP contribution in [-0.4, -0.2) is 16.0 Å². The van der Waals surface area contributed by atoms with E-state index in [1.54, 1.807) is 18.2 Å². The van der Waals surface area contributed by atoms with Crippen LogP contribution >= 0.6 is 11.6 Å². The standard InChI is InChI=1S/C18H15ClFN3O2/c19-15-8-2-1-7-14(15)18-22-17(25-23-18)10-4-9-16(24)21-13-6-3-5-12(20)11-13/h1-3,5-8,11H,4,9-10H2,(H,21,24). The molecule has 0 radical (unpaired) electrons. The van der Waals surface area contributed by atoms with E-state index in [2.05, 4.69) is 15.5 Å². The first-order valence-corrected chi connectivity index (χ1v) is 8.12. The molecule has 1 N–H and O–H groups in total. The van der Waals surface area contributed by atoms with E-state index in [1.165, 1.54) is 12.1 Å². The van der Waals surface area contributed by atoms with Crippen molar-refractivity contribution in [2.75, 3.05) is 5.32 Å². The zero-order chi connectivity index (χ0) is 17.6. The highest BCUT2D eigenvalue weighted by atomic mass is 35.5. The third-order valence-electron chi connectivity index (χ3n) is 3.49. The first-order chi connectivity index (χ1) is 12.1. The number of hydrogen-bond acceptors (Lipinski definition) is 4. The molecule has 0 spiro atoms. The third kappa shape index (κ3) is 4.64. The summed E-state index contributed by atoms with van der Waals surface area (Å²) in [6.45, 7) is 0. The number of aryl methyl sites for hydroxylation is 1. The molecule has 0 aliphatic rings. The molecule has 3 rings (SSSR count). The van der Waals surface area contributed by atoms with Gasteiger partial charge in [-0.15, -0.1) is 0 Å². The van der Waals surface area contributed by atoms with Crippen molar-refractivity contribution in [1.29, 1.82) is 0 Å². The molecule has 0 fully saturated rings. The van der Waals surface area contributed by atoms with Gasteiger partial charge in [-0.1, -0.05) is 35.0 Å². The lowest BCUT2D eigenvalue weighted by Gasteiger charge is -2.04. The van der Waals surface area contributed by atoms with Gasteiger partial charge in [0.15, 0.2) is 0 Å². The molecule has 0 aliphatic carbocycles. The van der Waals surface area contributed by atoms with E-state index in [4.69, 9.17) is 16.1 Å². The lowest BCUT2D eigenvalue weighted by Crippen LogP contribution is -2.11. The number of nitrogens with one attached hydrogen (secondary N) is 1. The number of nitrogens with zero attached hydrogens (tertiary/aromatic N) is 2. The molecule has 128 valence electrons. The van der Waals surface area contributed by atoms with Crippen LogP contribution in [0.15, 0.2) is 53.1 Å². The van der Waals surface area contributed by atoms with Crippen molar-refractivity contribution in [3.63, 3.8) is 0 Å². The maximum Gasteiger partial charge on any atom is 0.226 e. The van der Waals surface area contributed by atoms with Gasteiger partial charge in [-0.3, -0.25) is 4.79 Å². The molecular weight excluding hydrogens is 345 g/mol. The van der Waals surface area contributed by atoms with E-state index >= 15 is 0 Å². The molecule has 0 bridgehead atoms. The summed E-state index contributed by atoms with van der Waals surface area (Å²) in [4.78, 5) is 16.2. The van der Waals surface area contributed by atoms with Gasteiger partial charge in [-0.05, 0) is 36.8 Å². The fourth-order valence-electron chi connectivity index (χ4n) is 2.30. The van der Waals surface area contributed by atoms with Gasteiger partial charge in [-0.2, -0.15) is 4.98 Å². The Morgan fingerprint density at radius 1 is 1.20 bits per heavy atom. The highest BCUT2D eigenvalue weighted by molar-refractivity contribution is 6.33. The van der Waals surface area contributed by atoms with Crippen LogP contribution in [0.3, 0.4) is 0 Å². The van der Waals surface area contributed by atoms with E-state index in [0.29, 0.717) is 40.8 Å². The number of carbonyl (C=O) groups is 1. The summed E-state index contributed by atoms with van der Waals surface area (Å²) in [5.41, 5.74) is 1.13. The minimum absolute atomic E-state index is 0.198. The maximum absolute atomic E-state index is 13.1. The Kier molecular flexibility index (Phi) is 5.40. The molecule has 0 atom stereocenters. The molecule has 5 nitrogen and oxygen atoms in total. The number of halogens is 2. The van der Waals surface area contributed by atoms with Gasteiger partial charge in [0, 0.05) is 24.1 Å². The zero-order valence-electron chi connectivity index (χ0n) is 13.2. The van der Waals surface area contributed by atoms with Gasteiger partial charge in [0.25, 0.3) is 0 Å². The molecule has 25 heavy (non-hydrogen) atoms. The van der Waals surface area contributed by atoms with Crippen LogP contribution < -0.4 is 5.32 Å². The van der Waals surface area contributed by atoms with Crippen LogP contribution in [0.25, 0.3) is 11.4 Å². The predicted molar refractivity (Wildman–Crippen MR) is 92.7 cm³/mol. The van der Waals surface area contributed by atoms with Crippen molar-refractivity contribution in [3.05, 3.63) is 65.3 Å². The van der Waals surface area contributed by atoms with Gasteiger partial charge < -0.3 is 9.84 Å². The van der Waals surface area contributed by atoms with Crippen LogP contribution in [-0.2, 0) is 11.2 Å². The lowest BCUT2D eigenvalue weighted by atomic mass is 10.2. The second kappa shape index (κ2) is 7.90. The van der Waals surface area contributed by atoms with Crippen molar-refractivity contribution < 1.29 is 13.7 Å². The number of hydrogen-bond donors (Lipinski definition) is 1. The summed E-state index contributed by atoms with van der Waals surface area (Å²) >= 11 is 6.10. The van der Waals surface area contributed by atoms with Crippen LogP contribution in [0.1, 0.15) is 18.7 Å². The van der Waals surface area contributed by atoms with Crippen LogP contribution in [0.2, 0.25) is 5.02 Å². The van der Waals surface area contributed by atoms with Crippen LogP contribution in [0.4, 0.5) is 10.1 Å². The molecule has 7 heteroatoms. The van der Waals surface area contributed by atoms with Gasteiger partial charge in [-0.25, -0.2) is 4.39 Å². The molecule has 0 saturated carbocycles. The smallest absolute Gasteiger partial charge is 0.226 e. The van der Waals surface area contributed by atoms with Gasteiger partial charge >= 0.3 is 0 Å². The normalized spacial score (nSPS) is 10.6. The van der Waals surface area contributed by atoms with Crippen molar-refractivity contribution in [2.45, 2.75) is 19.3 Å². The number of anilines is 1. The number of benzene rings is 2. The molecule has 1 aromatic heterocycles. The van der Waals surface area contributed by atoms with E-state index in [0.717, 1.165) is 0 Å². The minimum atomic E-state index is -0.393. The quantitative estimate of drug-likeness (QED) is 0.704. The topological polar surface area (TPSA) is 68.0 Å². The Hall–Kier alpha value is -2.73. The lowest BCUT2D eigenvalue weighted by molar-refractivity contribution is -0.116. The monoisotopic (exact) mass is 359 g/mol. The first kappa shape index (κ1) is 17.1. The second-order valence-corrected chi connectivity index (χ2v) is 5.81. The second-order valence-electron chi connectivity index (χ2n) is 5.40. The fraction of sp³-hybridized carbons (Fsp3) is 0.167. The summed E-state index contributed by atoms with van der Waals surface area (Å²) in [5.74, 6) is 0.269. The fourth-order valence-corrected chi connectivity index (χ4v) is 2.52. The van der Waals surface area contributed by atoms with Gasteiger partial charge in [0.2, 0.25) is 17.6 Å². The molecule has 0 aliphatic heterocycles. The van der Waals surface area contributed by atoms with Crippen molar-refractivity contribution >= 4 is 23.2 Å². The Morgan fingerprint density at radius 2 is 2.04 bits per heavy atom. The summed E-state index contributed by atoms with van der Waals surface area (Å²) in [6.07, 6.45) is 1.26. The SMILES string of the molecule is O=C(CCCc1nc(-c2ccccc2Cl)no1)Nc1cccc(F)c1. The molecular formula is C18H15ClFN3O2. The Balaban J connectivity index is 1.51. The van der Waals surface area contributed by atoms with E-state index in [-0.39, 0.29) is 12.3 Å². The summed E-state index contributed by atoms with van der Waals surface area (Å²) in [7, 11) is 0. The number of amides is 1. The first-order valence-electron chi connectivity index (χ1n) is 7.75. The van der Waals surface area contributed by atoms with Crippen LogP contribution in [0.5, 0.6) is 0 Å². The van der Waals surface area contributed by atoms with E-state index in [9.17, 15) is 9.18 Å². The van der Waals surface area contributed by atoms with E-state index < -0.39 is 5.82 Å². The molecule has 2 aromatic carbocycles. The molecule has 0 saturated heterocycles. The molecule has 1 amide bonds. The average Bonchev–Trinajstić information content (AvgIpc) is 3.04. The Morgan fingerprint density at radius 3 is 2.84 bits per heavy atom. The maximum atomic E-state index is 13.1. The average molecular weight is 360 g/mol.